The van der Waals surface area contributed by atoms with Crippen LogP contribution in [-0.2, 0) is 0 Å². The Morgan fingerprint density at radius 3 is 1.55 bits per heavy atom. The van der Waals surface area contributed by atoms with Crippen LogP contribution in [0.2, 0.25) is 0 Å². The lowest BCUT2D eigenvalue weighted by Gasteiger charge is -2.21. The second kappa shape index (κ2) is 9.18. The maximum atomic E-state index is 2.46. The van der Waals surface area contributed by atoms with Gasteiger partial charge in [0.2, 0.25) is 0 Å². The van der Waals surface area contributed by atoms with Crippen molar-refractivity contribution in [3.63, 3.8) is 0 Å². The molecule has 4 rings (SSSR count). The summed E-state index contributed by atoms with van der Waals surface area (Å²) in [5, 5.41) is 0. The first-order chi connectivity index (χ1) is 15.0. The summed E-state index contributed by atoms with van der Waals surface area (Å²) in [6.45, 7) is 8.79. The molecule has 154 valence electrons. The average Bonchev–Trinajstić information content (AvgIpc) is 2.77. The van der Waals surface area contributed by atoms with E-state index in [-0.39, 0.29) is 5.92 Å². The first-order valence-corrected chi connectivity index (χ1v) is 11.0. The summed E-state index contributed by atoms with van der Waals surface area (Å²) in [5.41, 5.74) is 11.7. The summed E-state index contributed by atoms with van der Waals surface area (Å²) in [6, 6.07) is 35.2. The average molecular weight is 403 g/mol. The van der Waals surface area contributed by atoms with E-state index in [1.165, 1.54) is 50.1 Å². The summed E-state index contributed by atoms with van der Waals surface area (Å²) < 4.78 is 0. The Bertz CT molecular complexity index is 1120. The van der Waals surface area contributed by atoms with Gasteiger partial charge in [-0.3, -0.25) is 0 Å². The molecule has 0 saturated carbocycles. The van der Waals surface area contributed by atoms with Crippen LogP contribution in [0.1, 0.15) is 50.4 Å². The summed E-state index contributed by atoms with van der Waals surface area (Å²) in [5.74, 6) is 0.179. The van der Waals surface area contributed by atoms with Crippen LogP contribution in [0.25, 0.3) is 5.57 Å². The van der Waals surface area contributed by atoms with E-state index in [9.17, 15) is 0 Å². The Morgan fingerprint density at radius 2 is 1.06 bits per heavy atom. The lowest BCUT2D eigenvalue weighted by atomic mass is 9.83. The van der Waals surface area contributed by atoms with Crippen LogP contribution < -0.4 is 0 Å². The molecule has 0 aliphatic carbocycles. The largest absolute Gasteiger partial charge is 0.0641 e. The minimum atomic E-state index is 0.179. The van der Waals surface area contributed by atoms with Gasteiger partial charge in [-0.2, -0.15) is 0 Å². The van der Waals surface area contributed by atoms with Crippen LogP contribution >= 0.6 is 0 Å². The molecule has 0 atom stereocenters. The smallest absolute Gasteiger partial charge is 0.0278 e. The van der Waals surface area contributed by atoms with Gasteiger partial charge < -0.3 is 0 Å². The van der Waals surface area contributed by atoms with Gasteiger partial charge in [0.25, 0.3) is 0 Å². The van der Waals surface area contributed by atoms with E-state index in [2.05, 4.69) is 131 Å². The fraction of sp³-hybridized carbons (Fsp3) is 0.161. The maximum Gasteiger partial charge on any atom is 0.0278 e. The predicted octanol–water partition coefficient (Wildman–Crippen LogP) is 8.18. The lowest BCUT2D eigenvalue weighted by Crippen LogP contribution is -2.03. The molecule has 0 heteroatoms. The Kier molecular flexibility index (Phi) is 6.18. The van der Waals surface area contributed by atoms with Crippen molar-refractivity contribution in [2.75, 3.05) is 0 Å². The van der Waals surface area contributed by atoms with Gasteiger partial charge in [-0.1, -0.05) is 114 Å². The first kappa shape index (κ1) is 20.9. The molecule has 0 heterocycles. The Morgan fingerprint density at radius 1 is 0.581 bits per heavy atom. The van der Waals surface area contributed by atoms with Crippen molar-refractivity contribution in [2.24, 2.45) is 0 Å². The van der Waals surface area contributed by atoms with Crippen LogP contribution in [0.3, 0.4) is 0 Å². The van der Waals surface area contributed by atoms with Crippen molar-refractivity contribution < 1.29 is 0 Å². The summed E-state index contributed by atoms with van der Waals surface area (Å²) in [4.78, 5) is 0. The molecule has 4 aromatic carbocycles. The quantitative estimate of drug-likeness (QED) is 0.316. The third-order valence-corrected chi connectivity index (χ3v) is 5.96. The molecule has 0 saturated heterocycles. The van der Waals surface area contributed by atoms with Crippen LogP contribution in [0.15, 0.2) is 103 Å². The van der Waals surface area contributed by atoms with Gasteiger partial charge in [-0.25, -0.2) is 0 Å². The van der Waals surface area contributed by atoms with Crippen LogP contribution in [0.5, 0.6) is 0 Å². The fourth-order valence-electron chi connectivity index (χ4n) is 4.53. The molecule has 0 N–H and O–H groups in total. The van der Waals surface area contributed by atoms with E-state index >= 15 is 0 Å². The number of allylic oxidation sites excluding steroid dienone is 1. The molecule has 0 unspecified atom stereocenters. The first-order valence-electron chi connectivity index (χ1n) is 11.0. The topological polar surface area (TPSA) is 0 Å². The molecule has 0 aliphatic heterocycles. The molecule has 0 fully saturated rings. The van der Waals surface area contributed by atoms with E-state index in [4.69, 9.17) is 0 Å². The molecule has 0 spiro atoms. The van der Waals surface area contributed by atoms with Gasteiger partial charge in [0.1, 0.15) is 0 Å². The minimum Gasteiger partial charge on any atom is -0.0641 e. The van der Waals surface area contributed by atoms with Crippen molar-refractivity contribution in [3.8, 4) is 0 Å². The molecule has 0 radical (unpaired) electrons. The Labute approximate surface area is 186 Å². The summed E-state index contributed by atoms with van der Waals surface area (Å²) in [6.07, 6.45) is 2.46. The number of hydrogen-bond donors (Lipinski definition) is 0. The zero-order valence-corrected chi connectivity index (χ0v) is 18.9. The molecule has 0 aromatic heterocycles. The van der Waals surface area contributed by atoms with Gasteiger partial charge in [-0.15, -0.1) is 0 Å². The normalized spacial score (nSPS) is 11.7. The van der Waals surface area contributed by atoms with Gasteiger partial charge >= 0.3 is 0 Å². The Hall–Kier alpha value is -3.38. The van der Waals surface area contributed by atoms with Gasteiger partial charge in [0, 0.05) is 5.92 Å². The molecule has 0 bridgehead atoms. The van der Waals surface area contributed by atoms with Crippen molar-refractivity contribution in [1.29, 1.82) is 0 Å². The summed E-state index contributed by atoms with van der Waals surface area (Å²) in [7, 11) is 0. The van der Waals surface area contributed by atoms with Crippen molar-refractivity contribution in [1.82, 2.24) is 0 Å². The van der Waals surface area contributed by atoms with E-state index in [1.54, 1.807) is 0 Å². The lowest BCUT2D eigenvalue weighted by molar-refractivity contribution is 1.03. The molecule has 0 amide bonds. The highest BCUT2D eigenvalue weighted by molar-refractivity contribution is 5.84. The maximum absolute atomic E-state index is 2.46. The minimum absolute atomic E-state index is 0.179. The van der Waals surface area contributed by atoms with Crippen LogP contribution in [-0.4, -0.2) is 0 Å². The second-order valence-corrected chi connectivity index (χ2v) is 8.52. The fourth-order valence-corrected chi connectivity index (χ4v) is 4.53. The predicted molar refractivity (Wildman–Crippen MR) is 134 cm³/mol. The zero-order valence-electron chi connectivity index (χ0n) is 18.9. The number of benzene rings is 4. The number of hydrogen-bond acceptors (Lipinski definition) is 0. The third kappa shape index (κ3) is 4.70. The SMILES string of the molecule is Cc1ccc(/C(=C\C(c2ccccc2)c2ccccc2)c2c(C)cc(C)cc2C)cc1. The highest BCUT2D eigenvalue weighted by Crippen LogP contribution is 2.35. The molecule has 31 heavy (non-hydrogen) atoms. The van der Waals surface area contributed by atoms with E-state index in [1.807, 2.05) is 0 Å². The van der Waals surface area contributed by atoms with E-state index in [0.29, 0.717) is 0 Å². The Balaban J connectivity index is 1.98. The van der Waals surface area contributed by atoms with E-state index < -0.39 is 0 Å². The van der Waals surface area contributed by atoms with Crippen molar-refractivity contribution in [2.45, 2.75) is 33.6 Å². The van der Waals surface area contributed by atoms with Gasteiger partial charge in [0.05, 0.1) is 0 Å². The number of rotatable bonds is 5. The monoisotopic (exact) mass is 402 g/mol. The van der Waals surface area contributed by atoms with Gasteiger partial charge in [-0.05, 0) is 66.6 Å². The third-order valence-electron chi connectivity index (χ3n) is 5.96. The standard InChI is InChI=1S/C31H30/c1-22-15-17-28(18-16-22)30(31-24(3)19-23(2)20-25(31)4)21-29(26-11-7-5-8-12-26)27-13-9-6-10-14-27/h5-21,29H,1-4H3/b30-21+. The second-order valence-electron chi connectivity index (χ2n) is 8.52. The van der Waals surface area contributed by atoms with Crippen molar-refractivity contribution >= 4 is 5.57 Å². The van der Waals surface area contributed by atoms with Gasteiger partial charge in [0.15, 0.2) is 0 Å². The molecular formula is C31H30. The van der Waals surface area contributed by atoms with Crippen molar-refractivity contribution in [3.05, 3.63) is 148 Å². The highest BCUT2D eigenvalue weighted by atomic mass is 14.2. The zero-order chi connectivity index (χ0) is 21.8. The summed E-state index contributed by atoms with van der Waals surface area (Å²) >= 11 is 0. The molecular weight excluding hydrogens is 372 g/mol. The van der Waals surface area contributed by atoms with Crippen LogP contribution in [0, 0.1) is 27.7 Å². The molecule has 0 nitrogen and oxygen atoms in total. The highest BCUT2D eigenvalue weighted by Gasteiger charge is 2.17. The van der Waals surface area contributed by atoms with Crippen LogP contribution in [0.4, 0.5) is 0 Å². The molecule has 4 aromatic rings. The number of aryl methyl sites for hydroxylation is 4. The molecule has 0 aliphatic rings. The van der Waals surface area contributed by atoms with E-state index in [0.717, 1.165) is 0 Å².